The van der Waals surface area contributed by atoms with E-state index in [4.69, 9.17) is 10.5 Å². The first-order chi connectivity index (χ1) is 13.0. The summed E-state index contributed by atoms with van der Waals surface area (Å²) in [5.74, 6) is 1.74. The Morgan fingerprint density at radius 3 is 2.74 bits per heavy atom. The first-order valence-electron chi connectivity index (χ1n) is 8.59. The average Bonchev–Trinajstić information content (AvgIpc) is 3.20. The lowest BCUT2D eigenvalue weighted by molar-refractivity contribution is 0.269. The second kappa shape index (κ2) is 6.64. The first kappa shape index (κ1) is 16.9. The van der Waals surface area contributed by atoms with E-state index < -0.39 is 0 Å². The van der Waals surface area contributed by atoms with Crippen LogP contribution < -0.4 is 5.73 Å². The summed E-state index contributed by atoms with van der Waals surface area (Å²) in [6.07, 6.45) is 4.24. The number of aromatic nitrogens is 2. The van der Waals surface area contributed by atoms with Gasteiger partial charge in [-0.15, -0.1) is 5.10 Å². The van der Waals surface area contributed by atoms with Gasteiger partial charge in [0.2, 0.25) is 11.8 Å². The van der Waals surface area contributed by atoms with E-state index in [1.807, 2.05) is 40.8 Å². The van der Waals surface area contributed by atoms with Gasteiger partial charge >= 0.3 is 0 Å². The van der Waals surface area contributed by atoms with Crippen LogP contribution in [0.3, 0.4) is 0 Å². The molecule has 2 aliphatic rings. The number of hydrogen-bond acceptors (Lipinski definition) is 7. The first-order valence-corrected chi connectivity index (χ1v) is 8.59. The van der Waals surface area contributed by atoms with E-state index in [1.165, 1.54) is 5.56 Å². The third-order valence-electron chi connectivity index (χ3n) is 4.51. The molecule has 0 fully saturated rings. The summed E-state index contributed by atoms with van der Waals surface area (Å²) < 4.78 is 7.63. The standard InChI is InChI=1S/C19H21N7O/c1-13-18-19(21-11-24(18)3)22-12-25(13)10-17-23-26(14(2)27-17)9-8-15-4-6-16(20)7-5-15/h4-7,11-12H,1-2,8-10,20H2,3H3. The van der Waals surface area contributed by atoms with Crippen molar-refractivity contribution in [1.82, 2.24) is 19.5 Å². The topological polar surface area (TPSA) is 84.3 Å². The highest BCUT2D eigenvalue weighted by atomic mass is 16.5. The Labute approximate surface area is 157 Å². The van der Waals surface area contributed by atoms with Crippen molar-refractivity contribution in [2.45, 2.75) is 6.42 Å². The third kappa shape index (κ3) is 3.29. The Morgan fingerprint density at radius 1 is 1.19 bits per heavy atom. The molecular weight excluding hydrogens is 342 g/mol. The van der Waals surface area contributed by atoms with Gasteiger partial charge in [0.1, 0.15) is 12.2 Å². The molecule has 0 unspecified atom stereocenters. The molecule has 27 heavy (non-hydrogen) atoms. The van der Waals surface area contributed by atoms with E-state index in [0.29, 0.717) is 30.7 Å². The molecule has 2 aliphatic heterocycles. The van der Waals surface area contributed by atoms with Gasteiger partial charge in [-0.3, -0.25) is 0 Å². The molecule has 0 aliphatic carbocycles. The normalized spacial score (nSPS) is 15.8. The van der Waals surface area contributed by atoms with Gasteiger partial charge < -0.3 is 19.9 Å². The molecule has 0 saturated heterocycles. The summed E-state index contributed by atoms with van der Waals surface area (Å²) in [4.78, 5) is 10.5. The Kier molecular flexibility index (Phi) is 4.15. The molecule has 0 radical (unpaired) electrons. The van der Waals surface area contributed by atoms with Crippen LogP contribution in [-0.4, -0.2) is 44.8 Å². The van der Waals surface area contributed by atoms with Gasteiger partial charge in [0, 0.05) is 19.3 Å². The summed E-state index contributed by atoms with van der Waals surface area (Å²) in [5, 5.41) is 6.30. The Hall–Kier alpha value is -3.55. The third-order valence-corrected chi connectivity index (χ3v) is 4.51. The van der Waals surface area contributed by atoms with Gasteiger partial charge in [-0.1, -0.05) is 18.7 Å². The number of hydrazone groups is 1. The van der Waals surface area contributed by atoms with Crippen LogP contribution in [0.15, 0.2) is 59.7 Å². The smallest absolute Gasteiger partial charge is 0.234 e. The van der Waals surface area contributed by atoms with Crippen molar-refractivity contribution >= 4 is 29.4 Å². The number of nitrogen functional groups attached to an aromatic ring is 1. The van der Waals surface area contributed by atoms with E-state index >= 15 is 0 Å². The summed E-state index contributed by atoms with van der Waals surface area (Å²) in [6.45, 7) is 9.19. The minimum atomic E-state index is 0.421. The Balaban J connectivity index is 1.40. The maximum atomic E-state index is 5.73. The van der Waals surface area contributed by atoms with Crippen LogP contribution in [0, 0.1) is 0 Å². The number of anilines is 1. The highest BCUT2D eigenvalue weighted by Crippen LogP contribution is 2.29. The van der Waals surface area contributed by atoms with Crippen molar-refractivity contribution < 1.29 is 4.74 Å². The van der Waals surface area contributed by atoms with Crippen molar-refractivity contribution in [3.05, 3.63) is 60.9 Å². The quantitative estimate of drug-likeness (QED) is 0.824. The van der Waals surface area contributed by atoms with E-state index in [0.717, 1.165) is 23.5 Å². The molecule has 1 aromatic carbocycles. The lowest BCUT2D eigenvalue weighted by Crippen LogP contribution is -2.29. The second-order valence-electron chi connectivity index (χ2n) is 6.45. The van der Waals surface area contributed by atoms with Gasteiger partial charge in [0.05, 0.1) is 18.4 Å². The number of hydrogen-bond donors (Lipinski definition) is 1. The second-order valence-corrected chi connectivity index (χ2v) is 6.45. The molecule has 1 aromatic heterocycles. The van der Waals surface area contributed by atoms with Crippen LogP contribution in [0.25, 0.3) is 5.70 Å². The van der Waals surface area contributed by atoms with Crippen molar-refractivity contribution in [3.8, 4) is 0 Å². The van der Waals surface area contributed by atoms with Crippen molar-refractivity contribution in [1.29, 1.82) is 0 Å². The zero-order chi connectivity index (χ0) is 19.0. The van der Waals surface area contributed by atoms with Gasteiger partial charge in [-0.2, -0.15) is 0 Å². The van der Waals surface area contributed by atoms with Gasteiger partial charge in [0.15, 0.2) is 5.82 Å². The number of benzene rings is 1. The lowest BCUT2D eigenvalue weighted by atomic mass is 10.1. The molecule has 3 heterocycles. The predicted molar refractivity (Wildman–Crippen MR) is 106 cm³/mol. The average molecular weight is 363 g/mol. The Morgan fingerprint density at radius 2 is 1.96 bits per heavy atom. The Bertz CT molecular complexity index is 955. The zero-order valence-corrected chi connectivity index (χ0v) is 15.2. The predicted octanol–water partition coefficient (Wildman–Crippen LogP) is 2.31. The number of imidazole rings is 1. The van der Waals surface area contributed by atoms with E-state index in [1.54, 1.807) is 17.7 Å². The molecule has 4 rings (SSSR count). The molecule has 2 aromatic rings. The molecule has 0 saturated carbocycles. The van der Waals surface area contributed by atoms with Crippen molar-refractivity contribution in [2.75, 3.05) is 18.8 Å². The van der Waals surface area contributed by atoms with Crippen molar-refractivity contribution in [2.24, 2.45) is 17.1 Å². The largest absolute Gasteiger partial charge is 0.422 e. The van der Waals surface area contributed by atoms with Gasteiger partial charge in [-0.25, -0.2) is 15.0 Å². The summed E-state index contributed by atoms with van der Waals surface area (Å²) in [6, 6.07) is 7.82. The van der Waals surface area contributed by atoms with Gasteiger partial charge in [-0.05, 0) is 30.7 Å². The molecule has 2 N–H and O–H groups in total. The fraction of sp³-hybridized carbons (Fsp3) is 0.211. The number of fused-ring (bicyclic) bond motifs is 1. The number of aryl methyl sites for hydroxylation is 1. The van der Waals surface area contributed by atoms with Crippen molar-refractivity contribution in [3.63, 3.8) is 0 Å². The molecule has 0 amide bonds. The van der Waals surface area contributed by atoms with Gasteiger partial charge in [0.25, 0.3) is 0 Å². The number of nitrogens with zero attached hydrogens (tertiary/aromatic N) is 6. The molecule has 0 spiro atoms. The summed E-state index contributed by atoms with van der Waals surface area (Å²) in [5.41, 5.74) is 9.35. The van der Waals surface area contributed by atoms with Crippen LogP contribution in [0.5, 0.6) is 0 Å². The lowest BCUT2D eigenvalue weighted by Gasteiger charge is -2.24. The van der Waals surface area contributed by atoms with Crippen LogP contribution in [0.4, 0.5) is 11.5 Å². The van der Waals surface area contributed by atoms with Crippen LogP contribution in [0.1, 0.15) is 11.3 Å². The number of aliphatic imine (C=N–C) groups is 1. The fourth-order valence-corrected chi connectivity index (χ4v) is 3.01. The van der Waals surface area contributed by atoms with E-state index in [9.17, 15) is 0 Å². The number of nitrogens with two attached hydrogens (primary N) is 1. The zero-order valence-electron chi connectivity index (χ0n) is 15.2. The summed E-state index contributed by atoms with van der Waals surface area (Å²) in [7, 11) is 1.92. The number of rotatable bonds is 5. The van der Waals surface area contributed by atoms with Crippen LogP contribution in [0.2, 0.25) is 0 Å². The minimum absolute atomic E-state index is 0.421. The molecule has 0 atom stereocenters. The number of ether oxygens (including phenoxy) is 1. The maximum absolute atomic E-state index is 5.73. The van der Waals surface area contributed by atoms with E-state index in [-0.39, 0.29) is 0 Å². The molecule has 0 bridgehead atoms. The monoisotopic (exact) mass is 363 g/mol. The summed E-state index contributed by atoms with van der Waals surface area (Å²) >= 11 is 0. The van der Waals surface area contributed by atoms with Crippen LogP contribution in [-0.2, 0) is 18.2 Å². The maximum Gasteiger partial charge on any atom is 0.234 e. The molecule has 8 nitrogen and oxygen atoms in total. The minimum Gasteiger partial charge on any atom is -0.422 e. The fourth-order valence-electron chi connectivity index (χ4n) is 3.01. The highest BCUT2D eigenvalue weighted by molar-refractivity contribution is 5.90. The molecule has 138 valence electrons. The molecule has 8 heteroatoms. The van der Waals surface area contributed by atoms with E-state index in [2.05, 4.69) is 28.2 Å². The van der Waals surface area contributed by atoms with Crippen LogP contribution >= 0.6 is 0 Å². The highest BCUT2D eigenvalue weighted by Gasteiger charge is 2.26. The SMILES string of the molecule is C=C1c2c(ncn2C)N=CN1CC1=NN(CCc2ccc(N)cc2)C(=C)O1. The molecular formula is C19H21N7O.